The van der Waals surface area contributed by atoms with E-state index in [9.17, 15) is 8.42 Å². The number of aryl methyl sites for hydroxylation is 1. The van der Waals surface area contributed by atoms with Crippen LogP contribution in [0.5, 0.6) is 0 Å². The standard InChI is InChI=1S/C14H24N2O2S/c1-12-5-7-13(8-6-12)19(17,18)16-11-14(2,3)9-4-10-15/h5-8,16H,4,9-11,15H2,1-3H3. The number of nitrogens with one attached hydrogen (secondary N) is 1. The molecular weight excluding hydrogens is 260 g/mol. The van der Waals surface area contributed by atoms with E-state index in [1.165, 1.54) is 0 Å². The van der Waals surface area contributed by atoms with Crippen molar-refractivity contribution in [3.63, 3.8) is 0 Å². The zero-order valence-corrected chi connectivity index (χ0v) is 12.8. The Morgan fingerprint density at radius 3 is 2.32 bits per heavy atom. The van der Waals surface area contributed by atoms with Crippen molar-refractivity contribution in [2.75, 3.05) is 13.1 Å². The number of hydrogen-bond acceptors (Lipinski definition) is 3. The molecule has 0 atom stereocenters. The first kappa shape index (κ1) is 16.1. The molecule has 0 radical (unpaired) electrons. The highest BCUT2D eigenvalue weighted by Gasteiger charge is 2.21. The molecule has 0 spiro atoms. The molecule has 0 fully saturated rings. The van der Waals surface area contributed by atoms with Crippen LogP contribution in [0.2, 0.25) is 0 Å². The molecule has 0 unspecified atom stereocenters. The summed E-state index contributed by atoms with van der Waals surface area (Å²) in [5.41, 5.74) is 6.44. The van der Waals surface area contributed by atoms with Gasteiger partial charge in [0.1, 0.15) is 0 Å². The van der Waals surface area contributed by atoms with Gasteiger partial charge in [-0.25, -0.2) is 13.1 Å². The molecule has 0 heterocycles. The van der Waals surface area contributed by atoms with Gasteiger partial charge in [0.05, 0.1) is 4.90 Å². The Hall–Kier alpha value is -0.910. The highest BCUT2D eigenvalue weighted by atomic mass is 32.2. The van der Waals surface area contributed by atoms with Gasteiger partial charge in [-0.2, -0.15) is 0 Å². The monoisotopic (exact) mass is 284 g/mol. The molecule has 0 aliphatic rings. The summed E-state index contributed by atoms with van der Waals surface area (Å²) in [5.74, 6) is 0. The average Bonchev–Trinajstić information content (AvgIpc) is 2.35. The second-order valence-corrected chi connectivity index (χ2v) is 7.46. The maximum atomic E-state index is 12.1. The number of sulfonamides is 1. The van der Waals surface area contributed by atoms with Crippen LogP contribution in [-0.2, 0) is 10.0 Å². The molecule has 1 aromatic carbocycles. The summed E-state index contributed by atoms with van der Waals surface area (Å²) >= 11 is 0. The highest BCUT2D eigenvalue weighted by molar-refractivity contribution is 7.89. The van der Waals surface area contributed by atoms with Gasteiger partial charge in [-0.3, -0.25) is 0 Å². The second-order valence-electron chi connectivity index (χ2n) is 5.69. The van der Waals surface area contributed by atoms with Gasteiger partial charge < -0.3 is 5.73 Å². The fourth-order valence-corrected chi connectivity index (χ4v) is 3.00. The summed E-state index contributed by atoms with van der Waals surface area (Å²) in [7, 11) is -3.42. The molecule has 108 valence electrons. The van der Waals surface area contributed by atoms with E-state index < -0.39 is 10.0 Å². The van der Waals surface area contributed by atoms with Gasteiger partial charge >= 0.3 is 0 Å². The molecule has 0 bridgehead atoms. The molecule has 4 nitrogen and oxygen atoms in total. The van der Waals surface area contributed by atoms with Crippen molar-refractivity contribution in [1.29, 1.82) is 0 Å². The second kappa shape index (κ2) is 6.50. The van der Waals surface area contributed by atoms with Gasteiger partial charge in [-0.05, 0) is 43.9 Å². The molecular formula is C14H24N2O2S. The Morgan fingerprint density at radius 2 is 1.79 bits per heavy atom. The van der Waals surface area contributed by atoms with E-state index in [1.54, 1.807) is 24.3 Å². The van der Waals surface area contributed by atoms with E-state index in [0.717, 1.165) is 18.4 Å². The largest absolute Gasteiger partial charge is 0.330 e. The van der Waals surface area contributed by atoms with E-state index >= 15 is 0 Å². The number of rotatable bonds is 7. The fourth-order valence-electron chi connectivity index (χ4n) is 1.76. The van der Waals surface area contributed by atoms with Crippen molar-refractivity contribution in [3.05, 3.63) is 29.8 Å². The summed E-state index contributed by atoms with van der Waals surface area (Å²) < 4.78 is 26.9. The Morgan fingerprint density at radius 1 is 1.21 bits per heavy atom. The van der Waals surface area contributed by atoms with Crippen LogP contribution in [0.15, 0.2) is 29.2 Å². The number of hydrogen-bond donors (Lipinski definition) is 2. The summed E-state index contributed by atoms with van der Waals surface area (Å²) in [6.07, 6.45) is 1.80. The zero-order chi connectivity index (χ0) is 14.5. The summed E-state index contributed by atoms with van der Waals surface area (Å²) in [6, 6.07) is 6.86. The lowest BCUT2D eigenvalue weighted by atomic mass is 9.88. The molecule has 5 heteroatoms. The predicted molar refractivity (Wildman–Crippen MR) is 78.4 cm³/mol. The molecule has 0 aromatic heterocycles. The van der Waals surface area contributed by atoms with E-state index in [4.69, 9.17) is 5.73 Å². The van der Waals surface area contributed by atoms with E-state index in [0.29, 0.717) is 18.0 Å². The maximum absolute atomic E-state index is 12.1. The molecule has 1 rings (SSSR count). The number of nitrogens with two attached hydrogens (primary N) is 1. The van der Waals surface area contributed by atoms with Crippen molar-refractivity contribution < 1.29 is 8.42 Å². The maximum Gasteiger partial charge on any atom is 0.240 e. The van der Waals surface area contributed by atoms with Crippen molar-refractivity contribution in [3.8, 4) is 0 Å². The summed E-state index contributed by atoms with van der Waals surface area (Å²) in [6.45, 7) is 7.07. The Bertz CT molecular complexity index is 493. The molecule has 0 aliphatic heterocycles. The van der Waals surface area contributed by atoms with Crippen molar-refractivity contribution >= 4 is 10.0 Å². The Kier molecular flexibility index (Phi) is 5.52. The van der Waals surface area contributed by atoms with Gasteiger partial charge in [0.25, 0.3) is 0 Å². The van der Waals surface area contributed by atoms with E-state index in [-0.39, 0.29) is 5.41 Å². The van der Waals surface area contributed by atoms with Crippen LogP contribution in [0, 0.1) is 12.3 Å². The molecule has 0 saturated carbocycles. The van der Waals surface area contributed by atoms with Crippen LogP contribution >= 0.6 is 0 Å². The lowest BCUT2D eigenvalue weighted by Crippen LogP contribution is -2.34. The molecule has 0 saturated heterocycles. The minimum atomic E-state index is -3.42. The van der Waals surface area contributed by atoms with Crippen molar-refractivity contribution in [2.24, 2.45) is 11.1 Å². The zero-order valence-electron chi connectivity index (χ0n) is 11.9. The lowest BCUT2D eigenvalue weighted by molar-refractivity contribution is 0.327. The molecule has 19 heavy (non-hydrogen) atoms. The lowest BCUT2D eigenvalue weighted by Gasteiger charge is -2.24. The number of benzene rings is 1. The third kappa shape index (κ3) is 5.30. The predicted octanol–water partition coefficient (Wildman–Crippen LogP) is 2.04. The molecule has 0 amide bonds. The van der Waals surface area contributed by atoms with Gasteiger partial charge in [0.15, 0.2) is 0 Å². The average molecular weight is 284 g/mol. The minimum Gasteiger partial charge on any atom is -0.330 e. The SMILES string of the molecule is Cc1ccc(S(=O)(=O)NCC(C)(C)CCCN)cc1. The molecule has 0 aliphatic carbocycles. The van der Waals surface area contributed by atoms with E-state index in [2.05, 4.69) is 4.72 Å². The topological polar surface area (TPSA) is 72.2 Å². The first-order valence-corrected chi connectivity index (χ1v) is 8.02. The smallest absolute Gasteiger partial charge is 0.240 e. The fraction of sp³-hybridized carbons (Fsp3) is 0.571. The summed E-state index contributed by atoms with van der Waals surface area (Å²) in [5, 5.41) is 0. The third-order valence-corrected chi connectivity index (χ3v) is 4.55. The molecule has 3 N–H and O–H groups in total. The van der Waals surface area contributed by atoms with Crippen LogP contribution in [-0.4, -0.2) is 21.5 Å². The third-order valence-electron chi connectivity index (χ3n) is 3.13. The first-order chi connectivity index (χ1) is 8.77. The van der Waals surface area contributed by atoms with Crippen LogP contribution in [0.25, 0.3) is 0 Å². The van der Waals surface area contributed by atoms with Gasteiger partial charge in [0.2, 0.25) is 10.0 Å². The quantitative estimate of drug-likeness (QED) is 0.805. The molecule has 1 aromatic rings. The van der Waals surface area contributed by atoms with Gasteiger partial charge in [0, 0.05) is 6.54 Å². The van der Waals surface area contributed by atoms with Crippen LogP contribution in [0.4, 0.5) is 0 Å². The highest BCUT2D eigenvalue weighted by Crippen LogP contribution is 2.21. The minimum absolute atomic E-state index is 0.0862. The van der Waals surface area contributed by atoms with Crippen LogP contribution < -0.4 is 10.5 Å². The Labute approximate surface area is 116 Å². The van der Waals surface area contributed by atoms with Gasteiger partial charge in [-0.15, -0.1) is 0 Å². The van der Waals surface area contributed by atoms with Gasteiger partial charge in [-0.1, -0.05) is 31.5 Å². The van der Waals surface area contributed by atoms with Crippen molar-refractivity contribution in [1.82, 2.24) is 4.72 Å². The summed E-state index contributed by atoms with van der Waals surface area (Å²) in [4.78, 5) is 0.313. The van der Waals surface area contributed by atoms with E-state index in [1.807, 2.05) is 20.8 Å². The van der Waals surface area contributed by atoms with Crippen LogP contribution in [0.1, 0.15) is 32.3 Å². The Balaban J connectivity index is 2.68. The van der Waals surface area contributed by atoms with Crippen molar-refractivity contribution in [2.45, 2.75) is 38.5 Å². The van der Waals surface area contributed by atoms with Crippen LogP contribution in [0.3, 0.4) is 0 Å². The normalized spacial score (nSPS) is 12.6. The first-order valence-electron chi connectivity index (χ1n) is 6.53.